The largest absolute Gasteiger partial charge is 0.508 e. The Morgan fingerprint density at radius 1 is 0.765 bits per heavy atom. The number of para-hydroxylation sites is 1. The fraction of sp³-hybridized carbons (Fsp3) is 0.0385. The number of benzene rings is 4. The molecule has 0 aromatic heterocycles. The number of anilines is 1. The van der Waals surface area contributed by atoms with E-state index in [2.05, 4.69) is 10.2 Å². The van der Waals surface area contributed by atoms with Crippen molar-refractivity contribution in [2.75, 3.05) is 5.73 Å². The van der Waals surface area contributed by atoms with Crippen LogP contribution >= 0.6 is 0 Å². The third kappa shape index (κ3) is 2.75. The minimum atomic E-state index is -1.42. The minimum Gasteiger partial charge on any atom is -0.508 e. The zero-order chi connectivity index (χ0) is 23.4. The molecule has 0 saturated heterocycles. The van der Waals surface area contributed by atoms with Crippen LogP contribution in [0.3, 0.4) is 0 Å². The highest BCUT2D eigenvalue weighted by molar-refractivity contribution is 5.97. The Kier molecular flexibility index (Phi) is 4.12. The van der Waals surface area contributed by atoms with Crippen LogP contribution in [0.4, 0.5) is 17.1 Å². The second kappa shape index (κ2) is 7.08. The second-order valence-corrected chi connectivity index (χ2v) is 8.00. The minimum absolute atomic E-state index is 0.0189. The van der Waals surface area contributed by atoms with Gasteiger partial charge in [0, 0.05) is 29.3 Å². The fourth-order valence-electron chi connectivity index (χ4n) is 4.53. The van der Waals surface area contributed by atoms with Crippen LogP contribution < -0.4 is 10.5 Å². The number of rotatable bonds is 2. The zero-order valence-corrected chi connectivity index (χ0v) is 17.6. The number of fused-ring (bicyclic) bond motifs is 6. The normalized spacial score (nSPS) is 17.7. The molecule has 0 fully saturated rings. The Morgan fingerprint density at radius 2 is 1.50 bits per heavy atom. The van der Waals surface area contributed by atoms with Crippen LogP contribution in [0.25, 0.3) is 0 Å². The Hall–Kier alpha value is -4.85. The number of carbonyl (C=O) groups is 1. The molecule has 4 aromatic carbocycles. The summed E-state index contributed by atoms with van der Waals surface area (Å²) in [7, 11) is 0. The topological polar surface area (TPSA) is 127 Å². The second-order valence-electron chi connectivity index (χ2n) is 8.00. The van der Waals surface area contributed by atoms with Gasteiger partial charge < -0.3 is 25.4 Å². The third-order valence-electron chi connectivity index (χ3n) is 5.96. The molecule has 0 aliphatic carbocycles. The Morgan fingerprint density at radius 3 is 2.35 bits per heavy atom. The first-order valence-electron chi connectivity index (χ1n) is 10.5. The predicted octanol–water partition coefficient (Wildman–Crippen LogP) is 5.66. The number of azo groups is 1. The van der Waals surface area contributed by atoms with E-state index in [1.54, 1.807) is 48.5 Å². The number of hydrogen-bond acceptors (Lipinski definition) is 8. The van der Waals surface area contributed by atoms with Crippen molar-refractivity contribution < 1.29 is 24.5 Å². The van der Waals surface area contributed by atoms with E-state index >= 15 is 0 Å². The summed E-state index contributed by atoms with van der Waals surface area (Å²) < 4.78 is 12.2. The average molecular weight is 451 g/mol. The van der Waals surface area contributed by atoms with Crippen LogP contribution in [0.15, 0.2) is 89.1 Å². The van der Waals surface area contributed by atoms with Crippen LogP contribution in [-0.2, 0) is 10.3 Å². The molecule has 34 heavy (non-hydrogen) atoms. The van der Waals surface area contributed by atoms with Crippen molar-refractivity contribution in [2.45, 2.75) is 5.60 Å². The van der Waals surface area contributed by atoms with Gasteiger partial charge in [-0.1, -0.05) is 30.3 Å². The highest BCUT2D eigenvalue weighted by Crippen LogP contribution is 2.59. The van der Waals surface area contributed by atoms with Crippen LogP contribution in [0.1, 0.15) is 27.0 Å². The summed E-state index contributed by atoms with van der Waals surface area (Å²) >= 11 is 0. The summed E-state index contributed by atoms with van der Waals surface area (Å²) in [5.74, 6) is -0.138. The van der Waals surface area contributed by atoms with Gasteiger partial charge in [-0.15, -0.1) is 10.2 Å². The van der Waals surface area contributed by atoms with Crippen LogP contribution in [-0.4, -0.2) is 16.2 Å². The predicted molar refractivity (Wildman–Crippen MR) is 123 cm³/mol. The van der Waals surface area contributed by atoms with Gasteiger partial charge in [0.15, 0.2) is 5.60 Å². The Balaban J connectivity index is 1.66. The molecule has 166 valence electrons. The molecule has 8 heteroatoms. The molecule has 0 bridgehead atoms. The fourth-order valence-corrected chi connectivity index (χ4v) is 4.53. The van der Waals surface area contributed by atoms with Gasteiger partial charge >= 0.3 is 5.97 Å². The van der Waals surface area contributed by atoms with E-state index in [-0.39, 0.29) is 28.7 Å². The summed E-state index contributed by atoms with van der Waals surface area (Å²) in [6.45, 7) is 0. The van der Waals surface area contributed by atoms with Crippen molar-refractivity contribution in [3.8, 4) is 23.0 Å². The summed E-state index contributed by atoms with van der Waals surface area (Å²) in [4.78, 5) is 13.0. The molecule has 0 amide bonds. The lowest BCUT2D eigenvalue weighted by Gasteiger charge is -2.37. The van der Waals surface area contributed by atoms with E-state index in [9.17, 15) is 15.0 Å². The number of phenols is 2. The van der Waals surface area contributed by atoms with Crippen molar-refractivity contribution in [1.29, 1.82) is 0 Å². The van der Waals surface area contributed by atoms with Gasteiger partial charge in [0.05, 0.1) is 16.8 Å². The summed E-state index contributed by atoms with van der Waals surface area (Å²) in [5, 5.41) is 29.2. The molecule has 2 aliphatic rings. The first kappa shape index (κ1) is 19.8. The lowest BCUT2D eigenvalue weighted by Crippen LogP contribution is -2.33. The van der Waals surface area contributed by atoms with Crippen molar-refractivity contribution in [3.05, 3.63) is 101 Å². The van der Waals surface area contributed by atoms with E-state index < -0.39 is 11.6 Å². The molecular weight excluding hydrogens is 434 g/mol. The number of nitrogens with zero attached hydrogens (tertiary/aromatic N) is 2. The van der Waals surface area contributed by atoms with Gasteiger partial charge in [-0.25, -0.2) is 4.79 Å². The maximum absolute atomic E-state index is 13.0. The highest BCUT2D eigenvalue weighted by Gasteiger charge is 2.55. The van der Waals surface area contributed by atoms with Crippen LogP contribution in [0.5, 0.6) is 23.0 Å². The Bertz CT molecular complexity index is 1530. The molecule has 1 spiro atoms. The average Bonchev–Trinajstić information content (AvgIpc) is 3.10. The third-order valence-corrected chi connectivity index (χ3v) is 5.96. The number of nitrogens with two attached hydrogens (primary N) is 1. The number of esters is 1. The van der Waals surface area contributed by atoms with E-state index in [1.807, 2.05) is 6.07 Å². The van der Waals surface area contributed by atoms with Crippen LogP contribution in [0, 0.1) is 0 Å². The van der Waals surface area contributed by atoms with Crippen molar-refractivity contribution in [1.82, 2.24) is 0 Å². The first-order valence-corrected chi connectivity index (χ1v) is 10.5. The first-order chi connectivity index (χ1) is 16.5. The molecule has 4 N–H and O–H groups in total. The van der Waals surface area contributed by atoms with Crippen molar-refractivity contribution in [2.24, 2.45) is 10.2 Å². The van der Waals surface area contributed by atoms with Gasteiger partial charge in [0.25, 0.3) is 0 Å². The lowest BCUT2D eigenvalue weighted by molar-refractivity contribution is 0.0226. The molecule has 0 radical (unpaired) electrons. The standard InChI is InChI=1S/C26H17N3O5/c27-19-7-3-4-8-20(19)28-29-21-11-15(31)13-23-24(21)26(18-10-9-14(30)12-22(18)33-23)17-6-2-1-5-16(17)25(32)34-26/h1-13,30-31H,27H2. The van der Waals surface area contributed by atoms with Gasteiger partial charge in [-0.3, -0.25) is 0 Å². The molecule has 0 saturated carbocycles. The smallest absolute Gasteiger partial charge is 0.340 e. The molecule has 2 heterocycles. The van der Waals surface area contributed by atoms with E-state index in [1.165, 1.54) is 24.3 Å². The quantitative estimate of drug-likeness (QED) is 0.205. The molecule has 1 unspecified atom stereocenters. The van der Waals surface area contributed by atoms with Gasteiger partial charge in [-0.05, 0) is 30.3 Å². The maximum atomic E-state index is 13.0. The molecule has 2 aliphatic heterocycles. The molecule has 6 rings (SSSR count). The maximum Gasteiger partial charge on any atom is 0.340 e. The monoisotopic (exact) mass is 451 g/mol. The van der Waals surface area contributed by atoms with Gasteiger partial charge in [-0.2, -0.15) is 0 Å². The van der Waals surface area contributed by atoms with Crippen LogP contribution in [0.2, 0.25) is 0 Å². The highest BCUT2D eigenvalue weighted by atomic mass is 16.6. The zero-order valence-electron chi connectivity index (χ0n) is 17.6. The number of ether oxygens (including phenoxy) is 2. The molecule has 8 nitrogen and oxygen atoms in total. The number of nitrogen functional groups attached to an aromatic ring is 1. The van der Waals surface area contributed by atoms with E-state index in [0.29, 0.717) is 33.6 Å². The number of aromatic hydroxyl groups is 2. The van der Waals surface area contributed by atoms with Crippen molar-refractivity contribution >= 4 is 23.0 Å². The number of phenolic OH excluding ortho intramolecular Hbond substituents is 2. The summed E-state index contributed by atoms with van der Waals surface area (Å²) in [6, 6.07) is 21.4. The molecule has 1 atom stereocenters. The van der Waals surface area contributed by atoms with E-state index in [4.69, 9.17) is 15.2 Å². The number of hydrogen-bond donors (Lipinski definition) is 3. The van der Waals surface area contributed by atoms with E-state index in [0.717, 1.165) is 0 Å². The Labute approximate surface area is 193 Å². The summed E-state index contributed by atoms with van der Waals surface area (Å²) in [6.07, 6.45) is 0. The SMILES string of the molecule is Nc1ccccc1N=Nc1cc(O)cc2c1C1(OC(=O)c3ccccc31)c1ccc(O)cc1O2. The number of carbonyl (C=O) groups excluding carboxylic acids is 1. The van der Waals surface area contributed by atoms with Crippen molar-refractivity contribution in [3.63, 3.8) is 0 Å². The molecule has 4 aromatic rings. The molecular formula is C26H17N3O5. The van der Waals surface area contributed by atoms with Gasteiger partial charge in [0.2, 0.25) is 0 Å². The summed E-state index contributed by atoms with van der Waals surface area (Å²) in [5.41, 5.74) is 7.61. The lowest BCUT2D eigenvalue weighted by atomic mass is 9.77. The van der Waals surface area contributed by atoms with Gasteiger partial charge in [0.1, 0.15) is 34.4 Å².